The first-order valence-corrected chi connectivity index (χ1v) is 8.33. The number of hydrogen-bond acceptors (Lipinski definition) is 4. The molecule has 2 atom stereocenters. The number of likely N-dealkylation sites (tertiary alicyclic amines) is 1. The lowest BCUT2D eigenvalue weighted by atomic mass is 9.81. The summed E-state index contributed by atoms with van der Waals surface area (Å²) in [6.07, 6.45) is 2.78. The van der Waals surface area contributed by atoms with Crippen LogP contribution in [0, 0.1) is 11.3 Å². The molecule has 1 N–H and O–H groups in total. The van der Waals surface area contributed by atoms with Crippen molar-refractivity contribution in [1.82, 2.24) is 4.90 Å². The number of methoxy groups -OCH3 is 1. The van der Waals surface area contributed by atoms with Crippen LogP contribution in [0.2, 0.25) is 0 Å². The zero-order valence-corrected chi connectivity index (χ0v) is 13.9. The van der Waals surface area contributed by atoms with E-state index >= 15 is 0 Å². The first-order valence-electron chi connectivity index (χ1n) is 8.33. The van der Waals surface area contributed by atoms with Gasteiger partial charge in [0.05, 0.1) is 25.6 Å². The predicted octanol–water partition coefficient (Wildman–Crippen LogP) is 2.18. The molecule has 1 saturated heterocycles. The lowest BCUT2D eigenvalue weighted by Crippen LogP contribution is -2.37. The Morgan fingerprint density at radius 3 is 2.62 bits per heavy atom. The second-order valence-electron chi connectivity index (χ2n) is 6.60. The third-order valence-electron chi connectivity index (χ3n) is 5.29. The van der Waals surface area contributed by atoms with Crippen molar-refractivity contribution in [1.29, 1.82) is 0 Å². The van der Waals surface area contributed by atoms with Crippen molar-refractivity contribution < 1.29 is 24.2 Å². The number of carbonyl (C=O) groups is 2. The number of benzene rings is 1. The van der Waals surface area contributed by atoms with Gasteiger partial charge in [-0.05, 0) is 43.0 Å². The number of carboxylic acids is 1. The van der Waals surface area contributed by atoms with E-state index in [2.05, 4.69) is 0 Å². The highest BCUT2D eigenvalue weighted by Crippen LogP contribution is 2.48. The maximum Gasteiger partial charge on any atom is 0.311 e. The average Bonchev–Trinajstić information content (AvgIpc) is 3.13. The van der Waals surface area contributed by atoms with Gasteiger partial charge < -0.3 is 19.5 Å². The second-order valence-corrected chi connectivity index (χ2v) is 6.60. The van der Waals surface area contributed by atoms with Crippen LogP contribution in [0.25, 0.3) is 0 Å². The molecule has 1 amide bonds. The summed E-state index contributed by atoms with van der Waals surface area (Å²) in [6.45, 7) is 1.19. The molecule has 1 aliphatic heterocycles. The molecule has 0 unspecified atom stereocenters. The highest BCUT2D eigenvalue weighted by Gasteiger charge is 2.55. The van der Waals surface area contributed by atoms with Gasteiger partial charge in [-0.1, -0.05) is 6.42 Å². The van der Waals surface area contributed by atoms with Gasteiger partial charge in [-0.25, -0.2) is 0 Å². The molecule has 1 heterocycles. The molecule has 1 aliphatic carbocycles. The van der Waals surface area contributed by atoms with E-state index in [9.17, 15) is 14.7 Å². The number of aliphatic carboxylic acids is 1. The Balaban J connectivity index is 1.50. The summed E-state index contributed by atoms with van der Waals surface area (Å²) in [5, 5.41) is 9.57. The van der Waals surface area contributed by atoms with Crippen molar-refractivity contribution in [2.45, 2.75) is 25.7 Å². The predicted molar refractivity (Wildman–Crippen MR) is 87.1 cm³/mol. The number of ether oxygens (including phenoxy) is 2. The molecular formula is C18H23NO5. The zero-order chi connectivity index (χ0) is 17.2. The van der Waals surface area contributed by atoms with Gasteiger partial charge in [-0.3, -0.25) is 9.59 Å². The van der Waals surface area contributed by atoms with Crippen LogP contribution in [0.3, 0.4) is 0 Å². The maximum atomic E-state index is 12.4. The lowest BCUT2D eigenvalue weighted by Gasteiger charge is -2.23. The Labute approximate surface area is 141 Å². The van der Waals surface area contributed by atoms with E-state index in [1.165, 1.54) is 0 Å². The molecule has 1 aromatic carbocycles. The molecule has 1 aromatic rings. The molecule has 2 fully saturated rings. The molecule has 6 nitrogen and oxygen atoms in total. The molecule has 130 valence electrons. The Morgan fingerprint density at radius 2 is 2.00 bits per heavy atom. The smallest absolute Gasteiger partial charge is 0.311 e. The summed E-state index contributed by atoms with van der Waals surface area (Å²) < 4.78 is 10.7. The molecule has 0 bridgehead atoms. The topological polar surface area (TPSA) is 76.1 Å². The fraction of sp³-hybridized carbons (Fsp3) is 0.556. The normalized spacial score (nSPS) is 25.4. The third-order valence-corrected chi connectivity index (χ3v) is 5.29. The van der Waals surface area contributed by atoms with Crippen LogP contribution in [0.5, 0.6) is 11.5 Å². The molecule has 24 heavy (non-hydrogen) atoms. The van der Waals surface area contributed by atoms with Crippen molar-refractivity contribution in [2.75, 3.05) is 26.8 Å². The summed E-state index contributed by atoms with van der Waals surface area (Å²) in [4.78, 5) is 25.7. The Kier molecular flexibility index (Phi) is 4.64. The SMILES string of the molecule is COc1ccc(OCCC(=O)N2C[C@@H]3CCC[C@@]3(C(=O)O)C2)cc1. The molecule has 0 aromatic heterocycles. The Hall–Kier alpha value is -2.24. The van der Waals surface area contributed by atoms with Crippen molar-refractivity contribution in [3.63, 3.8) is 0 Å². The van der Waals surface area contributed by atoms with Crippen LogP contribution in [0.1, 0.15) is 25.7 Å². The average molecular weight is 333 g/mol. The van der Waals surface area contributed by atoms with E-state index in [0.29, 0.717) is 25.3 Å². The second kappa shape index (κ2) is 6.71. The van der Waals surface area contributed by atoms with Gasteiger partial charge in [0.25, 0.3) is 0 Å². The molecular weight excluding hydrogens is 310 g/mol. The van der Waals surface area contributed by atoms with E-state index in [1.807, 2.05) is 0 Å². The van der Waals surface area contributed by atoms with Crippen LogP contribution >= 0.6 is 0 Å². The fourth-order valence-electron chi connectivity index (χ4n) is 3.92. The number of carboxylic acid groups (broad SMARTS) is 1. The first-order chi connectivity index (χ1) is 11.5. The molecule has 3 rings (SSSR count). The first kappa shape index (κ1) is 16.6. The minimum absolute atomic E-state index is 0.0291. The number of carbonyl (C=O) groups excluding carboxylic acids is 1. The van der Waals surface area contributed by atoms with E-state index in [1.54, 1.807) is 36.3 Å². The fourth-order valence-corrected chi connectivity index (χ4v) is 3.92. The number of hydrogen-bond donors (Lipinski definition) is 1. The summed E-state index contributed by atoms with van der Waals surface area (Å²) in [5.74, 6) is 0.750. The highest BCUT2D eigenvalue weighted by molar-refractivity contribution is 5.81. The molecule has 0 radical (unpaired) electrons. The van der Waals surface area contributed by atoms with Crippen molar-refractivity contribution in [3.05, 3.63) is 24.3 Å². The Morgan fingerprint density at radius 1 is 1.29 bits per heavy atom. The number of rotatable bonds is 6. The van der Waals surface area contributed by atoms with Gasteiger partial charge in [0.1, 0.15) is 11.5 Å². The van der Waals surface area contributed by atoms with Crippen molar-refractivity contribution in [2.24, 2.45) is 11.3 Å². The van der Waals surface area contributed by atoms with Crippen LogP contribution in [0.4, 0.5) is 0 Å². The maximum absolute atomic E-state index is 12.4. The number of fused-ring (bicyclic) bond motifs is 1. The van der Waals surface area contributed by atoms with E-state index in [-0.39, 0.29) is 24.9 Å². The van der Waals surface area contributed by atoms with E-state index in [0.717, 1.165) is 18.6 Å². The van der Waals surface area contributed by atoms with Crippen LogP contribution in [-0.4, -0.2) is 48.7 Å². The van der Waals surface area contributed by atoms with E-state index in [4.69, 9.17) is 9.47 Å². The summed E-state index contributed by atoms with van der Waals surface area (Å²) >= 11 is 0. The standard InChI is InChI=1S/C18H23NO5/c1-23-14-4-6-15(7-5-14)24-10-8-16(20)19-11-13-3-2-9-18(13,12-19)17(21)22/h4-7,13H,2-3,8-12H2,1H3,(H,21,22)/t13-,18+/m0/s1. The summed E-state index contributed by atoms with van der Waals surface area (Å²) in [5.41, 5.74) is -0.716. The molecule has 6 heteroatoms. The minimum atomic E-state index is -0.755. The van der Waals surface area contributed by atoms with Crippen molar-refractivity contribution in [3.8, 4) is 11.5 Å². The van der Waals surface area contributed by atoms with Gasteiger partial charge in [0.15, 0.2) is 0 Å². The zero-order valence-electron chi connectivity index (χ0n) is 13.9. The van der Waals surface area contributed by atoms with Crippen LogP contribution in [-0.2, 0) is 9.59 Å². The molecule has 2 aliphatic rings. The minimum Gasteiger partial charge on any atom is -0.497 e. The molecule has 1 saturated carbocycles. The largest absolute Gasteiger partial charge is 0.497 e. The molecule has 0 spiro atoms. The van der Waals surface area contributed by atoms with Gasteiger partial charge in [0.2, 0.25) is 5.91 Å². The van der Waals surface area contributed by atoms with Crippen LogP contribution < -0.4 is 9.47 Å². The summed E-state index contributed by atoms with van der Waals surface area (Å²) in [6, 6.07) is 7.19. The lowest BCUT2D eigenvalue weighted by molar-refractivity contribution is -0.149. The number of amides is 1. The number of nitrogens with zero attached hydrogens (tertiary/aromatic N) is 1. The third kappa shape index (κ3) is 3.05. The van der Waals surface area contributed by atoms with Gasteiger partial charge in [0, 0.05) is 13.1 Å². The van der Waals surface area contributed by atoms with Gasteiger partial charge in [-0.2, -0.15) is 0 Å². The Bertz CT molecular complexity index is 614. The van der Waals surface area contributed by atoms with E-state index < -0.39 is 11.4 Å². The monoisotopic (exact) mass is 333 g/mol. The highest BCUT2D eigenvalue weighted by atomic mass is 16.5. The van der Waals surface area contributed by atoms with Crippen molar-refractivity contribution >= 4 is 11.9 Å². The van der Waals surface area contributed by atoms with Gasteiger partial charge >= 0.3 is 5.97 Å². The summed E-state index contributed by atoms with van der Waals surface area (Å²) in [7, 11) is 1.60. The van der Waals surface area contributed by atoms with Gasteiger partial charge in [-0.15, -0.1) is 0 Å². The van der Waals surface area contributed by atoms with Crippen LogP contribution in [0.15, 0.2) is 24.3 Å². The quantitative estimate of drug-likeness (QED) is 0.863.